The summed E-state index contributed by atoms with van der Waals surface area (Å²) in [6.07, 6.45) is 7.35. The average molecular weight is 313 g/mol. The predicted octanol–water partition coefficient (Wildman–Crippen LogP) is 3.15. The number of nitrogens with one attached hydrogen (secondary N) is 1. The quantitative estimate of drug-likeness (QED) is 0.942. The van der Waals surface area contributed by atoms with Crippen molar-refractivity contribution in [2.45, 2.75) is 53.0 Å². The molecule has 2 aromatic heterocycles. The van der Waals surface area contributed by atoms with Gasteiger partial charge in [-0.1, -0.05) is 0 Å². The number of nitrogens with zero attached hydrogens (tertiary/aromatic N) is 4. The molecule has 0 aliphatic carbocycles. The van der Waals surface area contributed by atoms with Crippen molar-refractivity contribution in [3.63, 3.8) is 0 Å². The van der Waals surface area contributed by atoms with Gasteiger partial charge >= 0.3 is 0 Å². The van der Waals surface area contributed by atoms with Crippen LogP contribution in [0.5, 0.6) is 0 Å². The van der Waals surface area contributed by atoms with Crippen molar-refractivity contribution in [2.75, 3.05) is 13.1 Å². The zero-order valence-electron chi connectivity index (χ0n) is 14.6. The largest absolute Gasteiger partial charge is 0.301 e. The van der Waals surface area contributed by atoms with Gasteiger partial charge in [0.1, 0.15) is 0 Å². The number of aryl methyl sites for hydroxylation is 2. The van der Waals surface area contributed by atoms with Gasteiger partial charge in [0.05, 0.1) is 23.3 Å². The summed E-state index contributed by atoms with van der Waals surface area (Å²) in [6.45, 7) is 11.0. The van der Waals surface area contributed by atoms with Crippen molar-refractivity contribution < 1.29 is 0 Å². The van der Waals surface area contributed by atoms with Crippen LogP contribution in [0.2, 0.25) is 0 Å². The zero-order valence-corrected chi connectivity index (χ0v) is 14.6. The molecule has 1 atom stereocenters. The van der Waals surface area contributed by atoms with Crippen molar-refractivity contribution in [2.24, 2.45) is 5.92 Å². The molecule has 5 nitrogen and oxygen atoms in total. The fourth-order valence-electron chi connectivity index (χ4n) is 3.58. The molecule has 1 saturated heterocycles. The van der Waals surface area contributed by atoms with Crippen LogP contribution in [0.3, 0.4) is 0 Å². The Balaban J connectivity index is 1.76. The summed E-state index contributed by atoms with van der Waals surface area (Å²) in [6, 6.07) is 0.631. The molecule has 124 valence electrons. The molecular formula is C18H27N5. The maximum Gasteiger partial charge on any atom is 0.0925 e. The van der Waals surface area contributed by atoms with Crippen LogP contribution < -0.4 is 0 Å². The third-order valence-electron chi connectivity index (χ3n) is 4.85. The first-order chi connectivity index (χ1) is 11.0. The third kappa shape index (κ3) is 3.61. The number of piperidine rings is 1. The van der Waals surface area contributed by atoms with Crippen molar-refractivity contribution in [3.8, 4) is 11.3 Å². The van der Waals surface area contributed by atoms with Crippen LogP contribution in [-0.4, -0.2) is 44.2 Å². The van der Waals surface area contributed by atoms with Gasteiger partial charge in [-0.25, -0.2) is 4.98 Å². The van der Waals surface area contributed by atoms with Gasteiger partial charge in [0.15, 0.2) is 0 Å². The van der Waals surface area contributed by atoms with Crippen LogP contribution in [0.15, 0.2) is 12.4 Å². The fourth-order valence-corrected chi connectivity index (χ4v) is 3.58. The molecule has 23 heavy (non-hydrogen) atoms. The molecule has 0 spiro atoms. The Bertz CT molecular complexity index is 642. The molecule has 0 bridgehead atoms. The molecule has 1 N–H and O–H groups in total. The van der Waals surface area contributed by atoms with Crippen molar-refractivity contribution in [1.29, 1.82) is 0 Å². The highest BCUT2D eigenvalue weighted by atomic mass is 15.2. The Morgan fingerprint density at radius 3 is 2.83 bits per heavy atom. The summed E-state index contributed by atoms with van der Waals surface area (Å²) in [5.74, 6) is 0.683. The monoisotopic (exact) mass is 313 g/mol. The summed E-state index contributed by atoms with van der Waals surface area (Å²) in [7, 11) is 0. The molecule has 3 rings (SSSR count). The number of hydrogen-bond donors (Lipinski definition) is 1. The molecule has 0 radical (unpaired) electrons. The fraction of sp³-hybridized carbons (Fsp3) is 0.611. The minimum atomic E-state index is 0.631. The Hall–Kier alpha value is -1.75. The molecule has 0 aromatic carbocycles. The lowest BCUT2D eigenvalue weighted by Gasteiger charge is -2.35. The van der Waals surface area contributed by atoms with Gasteiger partial charge in [-0.15, -0.1) is 0 Å². The summed E-state index contributed by atoms with van der Waals surface area (Å²) in [5, 5.41) is 7.30. The van der Waals surface area contributed by atoms with Gasteiger partial charge in [0.25, 0.3) is 0 Å². The van der Waals surface area contributed by atoms with E-state index in [9.17, 15) is 0 Å². The lowest BCUT2D eigenvalue weighted by molar-refractivity contribution is 0.139. The van der Waals surface area contributed by atoms with Crippen LogP contribution in [0, 0.1) is 19.8 Å². The van der Waals surface area contributed by atoms with E-state index in [2.05, 4.69) is 33.9 Å². The SMILES string of the molecule is Cc1n[nH]c(C)c1-c1cncc(CC2CCCN(C(C)C)C2)n1. The second-order valence-electron chi connectivity index (χ2n) is 7.01. The molecule has 1 unspecified atom stereocenters. The highest BCUT2D eigenvalue weighted by Crippen LogP contribution is 2.25. The Morgan fingerprint density at radius 2 is 2.13 bits per heavy atom. The van der Waals surface area contributed by atoms with Crippen molar-refractivity contribution >= 4 is 0 Å². The Morgan fingerprint density at radius 1 is 1.30 bits per heavy atom. The second-order valence-corrected chi connectivity index (χ2v) is 7.01. The molecule has 0 saturated carbocycles. The normalized spacial score (nSPS) is 19.4. The van der Waals surface area contributed by atoms with Crippen LogP contribution in [-0.2, 0) is 6.42 Å². The minimum Gasteiger partial charge on any atom is -0.301 e. The summed E-state index contributed by atoms with van der Waals surface area (Å²) in [5.41, 5.74) is 5.16. The van der Waals surface area contributed by atoms with E-state index in [0.717, 1.165) is 34.8 Å². The summed E-state index contributed by atoms with van der Waals surface area (Å²) < 4.78 is 0. The van der Waals surface area contributed by atoms with Crippen LogP contribution >= 0.6 is 0 Å². The molecule has 1 aliphatic heterocycles. The number of rotatable bonds is 4. The van der Waals surface area contributed by atoms with Crippen LogP contribution in [0.1, 0.15) is 43.8 Å². The predicted molar refractivity (Wildman–Crippen MR) is 92.2 cm³/mol. The maximum atomic E-state index is 4.86. The van der Waals surface area contributed by atoms with Gasteiger partial charge in [-0.2, -0.15) is 5.10 Å². The van der Waals surface area contributed by atoms with Crippen LogP contribution in [0.4, 0.5) is 0 Å². The zero-order chi connectivity index (χ0) is 16.4. The number of aromatic nitrogens is 4. The summed E-state index contributed by atoms with van der Waals surface area (Å²) in [4.78, 5) is 11.9. The first-order valence-electron chi connectivity index (χ1n) is 8.61. The number of aromatic amines is 1. The van der Waals surface area contributed by atoms with Gasteiger partial charge in [-0.05, 0) is 59.4 Å². The Kier molecular flexibility index (Phi) is 4.76. The van der Waals surface area contributed by atoms with E-state index in [1.54, 1.807) is 0 Å². The van der Waals surface area contributed by atoms with E-state index in [-0.39, 0.29) is 0 Å². The highest BCUT2D eigenvalue weighted by molar-refractivity contribution is 5.63. The number of hydrogen-bond acceptors (Lipinski definition) is 4. The van der Waals surface area contributed by atoms with Gasteiger partial charge in [-0.3, -0.25) is 10.1 Å². The summed E-state index contributed by atoms with van der Waals surface area (Å²) >= 11 is 0. The molecule has 3 heterocycles. The van der Waals surface area contributed by atoms with E-state index in [1.807, 2.05) is 26.2 Å². The lowest BCUT2D eigenvalue weighted by atomic mass is 9.92. The van der Waals surface area contributed by atoms with E-state index in [1.165, 1.54) is 25.9 Å². The third-order valence-corrected chi connectivity index (χ3v) is 4.85. The topological polar surface area (TPSA) is 57.7 Å². The maximum absolute atomic E-state index is 4.86. The molecular weight excluding hydrogens is 286 g/mol. The standard InChI is InChI=1S/C18H27N5/c1-12(2)23-7-5-6-15(11-23)8-16-9-19-10-17(20-16)18-13(3)21-22-14(18)4/h9-10,12,15H,5-8,11H2,1-4H3,(H,21,22). The van der Waals surface area contributed by atoms with Crippen molar-refractivity contribution in [1.82, 2.24) is 25.1 Å². The van der Waals surface area contributed by atoms with E-state index < -0.39 is 0 Å². The van der Waals surface area contributed by atoms with Gasteiger partial charge < -0.3 is 4.90 Å². The first-order valence-corrected chi connectivity index (χ1v) is 8.61. The van der Waals surface area contributed by atoms with Crippen molar-refractivity contribution in [3.05, 3.63) is 29.5 Å². The van der Waals surface area contributed by atoms with Gasteiger partial charge in [0, 0.05) is 30.0 Å². The molecule has 5 heteroatoms. The Labute approximate surface area is 138 Å². The minimum absolute atomic E-state index is 0.631. The second kappa shape index (κ2) is 6.79. The molecule has 2 aromatic rings. The van der Waals surface area contributed by atoms with E-state index in [4.69, 9.17) is 4.98 Å². The van der Waals surface area contributed by atoms with E-state index >= 15 is 0 Å². The number of likely N-dealkylation sites (tertiary alicyclic amines) is 1. The van der Waals surface area contributed by atoms with E-state index in [0.29, 0.717) is 12.0 Å². The first kappa shape index (κ1) is 16.1. The number of H-pyrrole nitrogens is 1. The molecule has 1 fully saturated rings. The van der Waals surface area contributed by atoms with Crippen LogP contribution in [0.25, 0.3) is 11.3 Å². The molecule has 0 amide bonds. The smallest absolute Gasteiger partial charge is 0.0925 e. The van der Waals surface area contributed by atoms with Gasteiger partial charge in [0.2, 0.25) is 0 Å². The highest BCUT2D eigenvalue weighted by Gasteiger charge is 2.22. The molecule has 1 aliphatic rings. The average Bonchev–Trinajstić information content (AvgIpc) is 2.87. The lowest BCUT2D eigenvalue weighted by Crippen LogP contribution is -2.40.